The second-order valence-electron chi connectivity index (χ2n) is 6.71. The molecule has 1 fully saturated rings. The molecule has 3 N–H and O–H groups in total. The Morgan fingerprint density at radius 3 is 2.43 bits per heavy atom. The Morgan fingerprint density at radius 2 is 1.79 bits per heavy atom. The topological polar surface area (TPSA) is 87.8 Å². The third kappa shape index (κ3) is 4.26. The highest BCUT2D eigenvalue weighted by atomic mass is 19.1. The molecule has 1 heterocycles. The lowest BCUT2D eigenvalue weighted by molar-refractivity contribution is 0.0730. The lowest BCUT2D eigenvalue weighted by Crippen LogP contribution is -2.46. The van der Waals surface area contributed by atoms with Crippen molar-refractivity contribution in [2.75, 3.05) is 26.2 Å². The number of amides is 1. The van der Waals surface area contributed by atoms with Crippen LogP contribution in [0.3, 0.4) is 0 Å². The highest BCUT2D eigenvalue weighted by Crippen LogP contribution is 2.18. The first kappa shape index (κ1) is 19.7. The number of halogens is 1. The SMILES string of the molecule is CC(=O)c1ccccc1/C(Cc1ccc(F)c(C(=O)N2CCNCC2)c1)=N\N. The Kier molecular flexibility index (Phi) is 6.16. The quantitative estimate of drug-likeness (QED) is 0.358. The molecule has 0 radical (unpaired) electrons. The van der Waals surface area contributed by atoms with Crippen molar-refractivity contribution in [1.29, 1.82) is 0 Å². The summed E-state index contributed by atoms with van der Waals surface area (Å²) in [6.07, 6.45) is 0.281. The lowest BCUT2D eigenvalue weighted by atomic mass is 9.95. The van der Waals surface area contributed by atoms with Gasteiger partial charge in [0.05, 0.1) is 11.3 Å². The van der Waals surface area contributed by atoms with Gasteiger partial charge in [0.1, 0.15) is 5.82 Å². The highest BCUT2D eigenvalue weighted by Gasteiger charge is 2.22. The Hall–Kier alpha value is -3.06. The maximum atomic E-state index is 14.3. The first-order chi connectivity index (χ1) is 13.5. The summed E-state index contributed by atoms with van der Waals surface area (Å²) in [5, 5.41) is 7.02. The minimum absolute atomic E-state index is 0.0376. The summed E-state index contributed by atoms with van der Waals surface area (Å²) in [6, 6.07) is 11.5. The zero-order chi connectivity index (χ0) is 20.1. The van der Waals surface area contributed by atoms with Crippen LogP contribution < -0.4 is 11.2 Å². The van der Waals surface area contributed by atoms with Crippen molar-refractivity contribution in [1.82, 2.24) is 10.2 Å². The summed E-state index contributed by atoms with van der Waals surface area (Å²) >= 11 is 0. The van der Waals surface area contributed by atoms with Gasteiger partial charge in [0, 0.05) is 43.7 Å². The number of hydrazone groups is 1. The number of rotatable bonds is 5. The number of nitrogens with one attached hydrogen (secondary N) is 1. The number of carbonyl (C=O) groups is 2. The minimum atomic E-state index is -0.553. The molecule has 3 rings (SSSR count). The third-order valence-corrected chi connectivity index (χ3v) is 4.81. The van der Waals surface area contributed by atoms with Crippen LogP contribution in [0.1, 0.15) is 38.8 Å². The predicted molar refractivity (Wildman–Crippen MR) is 106 cm³/mol. The summed E-state index contributed by atoms with van der Waals surface area (Å²) in [7, 11) is 0. The van der Waals surface area contributed by atoms with Crippen molar-refractivity contribution < 1.29 is 14.0 Å². The summed E-state index contributed by atoms with van der Waals surface area (Å²) in [5.41, 5.74) is 2.39. The second-order valence-corrected chi connectivity index (χ2v) is 6.71. The van der Waals surface area contributed by atoms with Gasteiger partial charge in [0.2, 0.25) is 0 Å². The Morgan fingerprint density at radius 1 is 1.11 bits per heavy atom. The van der Waals surface area contributed by atoms with Crippen LogP contribution in [0, 0.1) is 5.82 Å². The van der Waals surface area contributed by atoms with E-state index in [1.165, 1.54) is 13.0 Å². The molecule has 0 spiro atoms. The fraction of sp³-hybridized carbons (Fsp3) is 0.286. The first-order valence-electron chi connectivity index (χ1n) is 9.16. The molecule has 1 aliphatic rings. The predicted octanol–water partition coefficient (Wildman–Crippen LogP) is 1.98. The number of ketones is 1. The Bertz CT molecular complexity index is 920. The van der Waals surface area contributed by atoms with Crippen LogP contribution in [0.15, 0.2) is 47.6 Å². The van der Waals surface area contributed by atoms with E-state index in [4.69, 9.17) is 5.84 Å². The molecule has 28 heavy (non-hydrogen) atoms. The van der Waals surface area contributed by atoms with E-state index in [1.807, 2.05) is 0 Å². The Labute approximate surface area is 163 Å². The van der Waals surface area contributed by atoms with Gasteiger partial charge in [-0.3, -0.25) is 9.59 Å². The lowest BCUT2D eigenvalue weighted by Gasteiger charge is -2.27. The number of nitrogens with zero attached hydrogens (tertiary/aromatic N) is 2. The van der Waals surface area contributed by atoms with Crippen LogP contribution in [0.25, 0.3) is 0 Å². The van der Waals surface area contributed by atoms with Gasteiger partial charge in [-0.25, -0.2) is 4.39 Å². The van der Waals surface area contributed by atoms with E-state index in [0.29, 0.717) is 48.6 Å². The van der Waals surface area contributed by atoms with Gasteiger partial charge in [0.15, 0.2) is 5.78 Å². The van der Waals surface area contributed by atoms with E-state index in [1.54, 1.807) is 41.3 Å². The number of carbonyl (C=O) groups excluding carboxylic acids is 2. The fourth-order valence-corrected chi connectivity index (χ4v) is 3.33. The van der Waals surface area contributed by atoms with Crippen LogP contribution in [-0.2, 0) is 6.42 Å². The Balaban J connectivity index is 1.88. The van der Waals surface area contributed by atoms with Gasteiger partial charge in [-0.05, 0) is 24.6 Å². The molecule has 6 nitrogen and oxygen atoms in total. The van der Waals surface area contributed by atoms with Crippen LogP contribution in [0.2, 0.25) is 0 Å². The van der Waals surface area contributed by atoms with Crippen molar-refractivity contribution in [3.63, 3.8) is 0 Å². The van der Waals surface area contributed by atoms with E-state index in [9.17, 15) is 14.0 Å². The average Bonchev–Trinajstić information content (AvgIpc) is 2.73. The molecule has 0 unspecified atom stereocenters. The molecule has 1 saturated heterocycles. The number of benzene rings is 2. The molecule has 2 aromatic rings. The molecule has 1 amide bonds. The number of piperazine rings is 1. The largest absolute Gasteiger partial charge is 0.336 e. The zero-order valence-corrected chi connectivity index (χ0v) is 15.7. The first-order valence-corrected chi connectivity index (χ1v) is 9.16. The summed E-state index contributed by atoms with van der Waals surface area (Å²) in [5.74, 6) is 4.62. The van der Waals surface area contributed by atoms with Gasteiger partial charge in [-0.15, -0.1) is 0 Å². The van der Waals surface area contributed by atoms with Crippen molar-refractivity contribution in [3.05, 3.63) is 70.5 Å². The van der Waals surface area contributed by atoms with Gasteiger partial charge >= 0.3 is 0 Å². The number of nitrogens with two attached hydrogens (primary N) is 1. The highest BCUT2D eigenvalue weighted by molar-refractivity contribution is 6.11. The minimum Gasteiger partial charge on any atom is -0.336 e. The van der Waals surface area contributed by atoms with Crippen LogP contribution in [-0.4, -0.2) is 48.5 Å². The summed E-state index contributed by atoms with van der Waals surface area (Å²) < 4.78 is 14.3. The van der Waals surface area contributed by atoms with Crippen molar-refractivity contribution in [3.8, 4) is 0 Å². The number of hydrogen-bond acceptors (Lipinski definition) is 5. The number of hydrogen-bond donors (Lipinski definition) is 2. The standard InChI is InChI=1S/C21H23FN4O2/c1-14(27)16-4-2-3-5-17(16)20(25-23)13-15-6-7-19(22)18(12-15)21(28)26-10-8-24-9-11-26/h2-7,12,24H,8-11,13,23H2,1H3/b25-20-. The fourth-order valence-electron chi connectivity index (χ4n) is 3.33. The molecule has 0 saturated carbocycles. The van der Waals surface area contributed by atoms with E-state index in [-0.39, 0.29) is 23.7 Å². The smallest absolute Gasteiger partial charge is 0.256 e. The maximum Gasteiger partial charge on any atom is 0.256 e. The van der Waals surface area contributed by atoms with E-state index < -0.39 is 5.82 Å². The third-order valence-electron chi connectivity index (χ3n) is 4.81. The summed E-state index contributed by atoms with van der Waals surface area (Å²) in [6.45, 7) is 3.96. The average molecular weight is 382 g/mol. The van der Waals surface area contributed by atoms with Crippen LogP contribution in [0.5, 0.6) is 0 Å². The summed E-state index contributed by atoms with van der Waals surface area (Å²) in [4.78, 5) is 26.2. The molecular formula is C21H23FN4O2. The van der Waals surface area contributed by atoms with Crippen molar-refractivity contribution >= 4 is 17.4 Å². The molecule has 146 valence electrons. The molecule has 1 aliphatic heterocycles. The molecule has 0 atom stereocenters. The van der Waals surface area contributed by atoms with Gasteiger partial charge in [-0.2, -0.15) is 5.10 Å². The van der Waals surface area contributed by atoms with E-state index >= 15 is 0 Å². The van der Waals surface area contributed by atoms with Crippen molar-refractivity contribution in [2.24, 2.45) is 10.9 Å². The van der Waals surface area contributed by atoms with Crippen LogP contribution in [0.4, 0.5) is 4.39 Å². The molecule has 0 aliphatic carbocycles. The van der Waals surface area contributed by atoms with E-state index in [0.717, 1.165) is 0 Å². The normalized spacial score (nSPS) is 14.8. The van der Waals surface area contributed by atoms with E-state index in [2.05, 4.69) is 10.4 Å². The monoisotopic (exact) mass is 382 g/mol. The molecular weight excluding hydrogens is 359 g/mol. The maximum absolute atomic E-state index is 14.3. The molecule has 0 bridgehead atoms. The van der Waals surface area contributed by atoms with Gasteiger partial charge in [0.25, 0.3) is 5.91 Å². The molecule has 0 aromatic heterocycles. The van der Waals surface area contributed by atoms with Crippen molar-refractivity contribution in [2.45, 2.75) is 13.3 Å². The zero-order valence-electron chi connectivity index (χ0n) is 15.7. The second kappa shape index (κ2) is 8.75. The van der Waals surface area contributed by atoms with Gasteiger partial charge in [-0.1, -0.05) is 30.3 Å². The van der Waals surface area contributed by atoms with Crippen LogP contribution >= 0.6 is 0 Å². The molecule has 7 heteroatoms. The number of Topliss-reactive ketones (excluding diaryl/α,β-unsaturated/α-hetero) is 1. The molecule has 2 aromatic carbocycles. The van der Waals surface area contributed by atoms with Gasteiger partial charge < -0.3 is 16.1 Å².